The normalized spacial score (nSPS) is 13.6. The van der Waals surface area contributed by atoms with Crippen molar-refractivity contribution in [1.29, 1.82) is 0 Å². The second-order valence-electron chi connectivity index (χ2n) is 4.80. The molecule has 7 heteroatoms. The van der Waals surface area contributed by atoms with Crippen LogP contribution in [-0.4, -0.2) is 0 Å². The van der Waals surface area contributed by atoms with Crippen LogP contribution >= 0.6 is 0 Å². The first-order chi connectivity index (χ1) is 8.97. The van der Waals surface area contributed by atoms with Crippen LogP contribution in [0.5, 0.6) is 0 Å². The van der Waals surface area contributed by atoms with Crippen molar-refractivity contribution in [3.8, 4) is 0 Å². The molecule has 149 valence electrons. The first kappa shape index (κ1) is 70.2. The van der Waals surface area contributed by atoms with Crippen molar-refractivity contribution >= 4 is 0 Å². The molecule has 7 radical (unpaired) electrons. The fourth-order valence-electron chi connectivity index (χ4n) is 3.21. The summed E-state index contributed by atoms with van der Waals surface area (Å²) in [7, 11) is 0. The molecule has 0 unspecified atom stereocenters. The Morgan fingerprint density at radius 1 is 0.407 bits per heavy atom. The van der Waals surface area contributed by atoms with Gasteiger partial charge in [0.05, 0.1) is 0 Å². The average molecular weight is 908 g/mol. The minimum absolute atomic E-state index is 0. The van der Waals surface area contributed by atoms with E-state index in [1.807, 2.05) is 27.7 Å². The quantitative estimate of drug-likeness (QED) is 0.235. The van der Waals surface area contributed by atoms with E-state index in [9.17, 15) is 0 Å². The molecule has 2 saturated carbocycles. The van der Waals surface area contributed by atoms with Crippen molar-refractivity contribution in [2.75, 3.05) is 0 Å². The second-order valence-corrected chi connectivity index (χ2v) is 4.80. The van der Waals surface area contributed by atoms with Gasteiger partial charge in [0.25, 0.3) is 0 Å². The SMILES string of the molecule is C1CCC(C2CCCCC2)CC1.CC.CC.[CH2-]C.[CH3-].[CH3-].[Y].[Y].[Y].[Y].[Y].[Y].[Y]. The Morgan fingerprint density at radius 2 is 0.556 bits per heavy atom. The topological polar surface area (TPSA) is 0 Å². The molecule has 2 aliphatic carbocycles. The zero-order valence-electron chi connectivity index (χ0n) is 20.0. The Morgan fingerprint density at radius 3 is 0.704 bits per heavy atom. The molecule has 0 spiro atoms. The molecule has 2 aliphatic rings. The average Bonchev–Trinajstić information content (AvgIpc) is 2.55. The summed E-state index contributed by atoms with van der Waals surface area (Å²) in [5.74, 6) is 2.28. The third-order valence-corrected chi connectivity index (χ3v) is 3.97. The molecular weight excluding hydrogens is 863 g/mol. The molecule has 0 aliphatic heterocycles. The maximum atomic E-state index is 3.25. The van der Waals surface area contributed by atoms with Crippen LogP contribution in [0.4, 0.5) is 0 Å². The summed E-state index contributed by atoms with van der Waals surface area (Å²) in [6.45, 7) is 13.0. The van der Waals surface area contributed by atoms with Crippen LogP contribution < -0.4 is 0 Å². The van der Waals surface area contributed by atoms with Crippen LogP contribution in [0.15, 0.2) is 0 Å². The van der Waals surface area contributed by atoms with Crippen molar-refractivity contribution in [2.45, 2.75) is 98.8 Å². The Bertz CT molecular complexity index is 122. The molecule has 0 aromatic heterocycles. The summed E-state index contributed by atoms with van der Waals surface area (Å²) in [5.41, 5.74) is 0. The van der Waals surface area contributed by atoms with Gasteiger partial charge < -0.3 is 21.8 Å². The van der Waals surface area contributed by atoms with Crippen molar-refractivity contribution in [1.82, 2.24) is 0 Å². The predicted octanol–water partition coefficient (Wildman–Crippen LogP) is 7.92. The second kappa shape index (κ2) is 64.2. The minimum atomic E-state index is 0. The van der Waals surface area contributed by atoms with E-state index in [2.05, 4.69) is 6.92 Å². The van der Waals surface area contributed by atoms with Gasteiger partial charge in [0.2, 0.25) is 0 Å². The Kier molecular flexibility index (Phi) is 167. The maximum absolute atomic E-state index is 3.25. The van der Waals surface area contributed by atoms with E-state index in [1.165, 1.54) is 38.5 Å². The van der Waals surface area contributed by atoms with Gasteiger partial charge >= 0.3 is 0 Å². The molecule has 0 amide bonds. The van der Waals surface area contributed by atoms with Crippen molar-refractivity contribution in [3.63, 3.8) is 0 Å². The van der Waals surface area contributed by atoms with E-state index in [0.29, 0.717) is 0 Å². The van der Waals surface area contributed by atoms with E-state index in [0.717, 1.165) is 11.8 Å². The molecule has 27 heavy (non-hydrogen) atoms. The van der Waals surface area contributed by atoms with Crippen molar-refractivity contribution < 1.29 is 229 Å². The van der Waals surface area contributed by atoms with Gasteiger partial charge in [-0.05, 0) is 11.8 Å². The van der Waals surface area contributed by atoms with Gasteiger partial charge in [-0.15, -0.1) is 0 Å². The van der Waals surface area contributed by atoms with E-state index in [4.69, 9.17) is 0 Å². The summed E-state index contributed by atoms with van der Waals surface area (Å²) in [6, 6.07) is 0. The molecule has 0 bridgehead atoms. The minimum Gasteiger partial charge on any atom is -0.358 e. The summed E-state index contributed by atoms with van der Waals surface area (Å²) < 4.78 is 0. The van der Waals surface area contributed by atoms with Crippen LogP contribution in [-0.2, 0) is 229 Å². The third kappa shape index (κ3) is 44.2. The first-order valence-electron chi connectivity index (χ1n) is 8.67. The molecular formula is C20H45Y7-3. The van der Waals surface area contributed by atoms with Crippen LogP contribution in [0, 0.1) is 33.6 Å². The van der Waals surface area contributed by atoms with Crippen LogP contribution in [0.1, 0.15) is 98.8 Å². The van der Waals surface area contributed by atoms with E-state index in [-0.39, 0.29) is 244 Å². The third-order valence-electron chi connectivity index (χ3n) is 3.97. The summed E-state index contributed by atoms with van der Waals surface area (Å²) in [6.07, 6.45) is 15.4. The predicted molar refractivity (Wildman–Crippen MR) is 99.7 cm³/mol. The molecule has 0 aromatic rings. The molecule has 0 nitrogen and oxygen atoms in total. The largest absolute Gasteiger partial charge is 0.358 e. The Labute approximate surface area is 352 Å². The van der Waals surface area contributed by atoms with E-state index in [1.54, 1.807) is 32.6 Å². The molecule has 0 saturated heterocycles. The standard InChI is InChI=1S/C12H22.2C2H6.C2H5.2CH3.7Y/c1-3-7-11(8-4-1)12-9-5-2-6-10-12;3*1-2;;;;;;;;;/h11-12H,1-10H2;2*1-2H3;1H2,2H3;2*1H3;;;;;;;/q;;;3*-1;;;;;;;. The number of rotatable bonds is 1. The Hall–Kier alpha value is 7.73. The van der Waals surface area contributed by atoms with E-state index >= 15 is 0 Å². The zero-order valence-corrected chi connectivity index (χ0v) is 39.8. The Balaban J connectivity index is -0.0000000175. The monoisotopic (exact) mass is 908 g/mol. The number of hydrogen-bond acceptors (Lipinski definition) is 0. The number of hydrogen-bond donors (Lipinski definition) is 0. The van der Waals surface area contributed by atoms with Crippen LogP contribution in [0.3, 0.4) is 0 Å². The molecule has 2 rings (SSSR count). The van der Waals surface area contributed by atoms with Gasteiger partial charge in [0, 0.05) is 229 Å². The van der Waals surface area contributed by atoms with Crippen LogP contribution in [0.25, 0.3) is 0 Å². The molecule has 0 atom stereocenters. The summed E-state index contributed by atoms with van der Waals surface area (Å²) >= 11 is 0. The van der Waals surface area contributed by atoms with Gasteiger partial charge in [-0.25, -0.2) is 0 Å². The molecule has 0 heterocycles. The van der Waals surface area contributed by atoms with Gasteiger partial charge in [-0.1, -0.05) is 91.9 Å². The van der Waals surface area contributed by atoms with Gasteiger partial charge in [-0.2, -0.15) is 6.92 Å². The fourth-order valence-corrected chi connectivity index (χ4v) is 3.21. The molecule has 0 N–H and O–H groups in total. The first-order valence-corrected chi connectivity index (χ1v) is 8.67. The molecule has 2 fully saturated rings. The maximum Gasteiger partial charge on any atom is 0 e. The van der Waals surface area contributed by atoms with Gasteiger partial charge in [0.15, 0.2) is 0 Å². The van der Waals surface area contributed by atoms with Crippen molar-refractivity contribution in [2.24, 2.45) is 11.8 Å². The van der Waals surface area contributed by atoms with Gasteiger partial charge in [0.1, 0.15) is 0 Å². The van der Waals surface area contributed by atoms with Crippen molar-refractivity contribution in [3.05, 3.63) is 21.8 Å². The summed E-state index contributed by atoms with van der Waals surface area (Å²) in [4.78, 5) is 0. The van der Waals surface area contributed by atoms with E-state index < -0.39 is 0 Å². The van der Waals surface area contributed by atoms with Gasteiger partial charge in [-0.3, -0.25) is 0 Å². The summed E-state index contributed by atoms with van der Waals surface area (Å²) in [5, 5.41) is 0. The molecule has 0 aromatic carbocycles. The smallest absolute Gasteiger partial charge is 0 e. The zero-order chi connectivity index (χ0) is 14.2. The van der Waals surface area contributed by atoms with Crippen LogP contribution in [0.2, 0.25) is 0 Å². The fraction of sp³-hybridized carbons (Fsp3) is 0.850.